The molecule has 1 fully saturated rings. The van der Waals surface area contributed by atoms with Crippen molar-refractivity contribution >= 4 is 10.0 Å². The number of halogens is 3. The second-order valence-corrected chi connectivity index (χ2v) is 6.85. The summed E-state index contributed by atoms with van der Waals surface area (Å²) in [7, 11) is -4.26. The van der Waals surface area contributed by atoms with E-state index in [2.05, 4.69) is 5.92 Å². The molecule has 0 bridgehead atoms. The fourth-order valence-electron chi connectivity index (χ4n) is 2.00. The summed E-state index contributed by atoms with van der Waals surface area (Å²) in [5.41, 5.74) is -1.16. The van der Waals surface area contributed by atoms with Crippen LogP contribution < -0.4 is 0 Å². The second-order valence-electron chi connectivity index (χ2n) is 4.94. The smallest absolute Gasteiger partial charge is 0.207 e. The van der Waals surface area contributed by atoms with Crippen LogP contribution in [0.4, 0.5) is 13.2 Å². The van der Waals surface area contributed by atoms with Gasteiger partial charge in [-0.2, -0.15) is 17.5 Å². The highest BCUT2D eigenvalue weighted by molar-refractivity contribution is 7.89. The van der Waals surface area contributed by atoms with E-state index in [1.807, 2.05) is 0 Å². The molecule has 1 aliphatic rings. The Bertz CT molecular complexity index is 658. The van der Waals surface area contributed by atoms with Gasteiger partial charge in [0.05, 0.1) is 17.0 Å². The van der Waals surface area contributed by atoms with Crippen molar-refractivity contribution < 1.29 is 21.6 Å². The van der Waals surface area contributed by atoms with Gasteiger partial charge in [0, 0.05) is 6.54 Å². The van der Waals surface area contributed by atoms with Crippen LogP contribution in [0.5, 0.6) is 0 Å². The molecule has 1 aliphatic carbocycles. The van der Waals surface area contributed by atoms with Gasteiger partial charge in [-0.3, -0.25) is 0 Å². The molecule has 1 aromatic carbocycles. The third kappa shape index (κ3) is 3.57. The van der Waals surface area contributed by atoms with Gasteiger partial charge in [-0.1, -0.05) is 18.1 Å². The van der Waals surface area contributed by atoms with E-state index in [4.69, 9.17) is 6.42 Å². The number of hydrogen-bond donors (Lipinski definition) is 0. The number of benzene rings is 1. The minimum Gasteiger partial charge on any atom is -0.207 e. The predicted octanol–water partition coefficient (Wildman–Crippen LogP) is 2.74. The molecule has 114 valence electrons. The Morgan fingerprint density at radius 3 is 2.43 bits per heavy atom. The molecular formula is C14H14F3NO2S. The van der Waals surface area contributed by atoms with Gasteiger partial charge in [0.2, 0.25) is 10.0 Å². The molecule has 1 saturated carbocycles. The zero-order chi connectivity index (χ0) is 15.7. The van der Waals surface area contributed by atoms with Crippen LogP contribution in [0.25, 0.3) is 0 Å². The second kappa shape index (κ2) is 5.70. The molecule has 3 nitrogen and oxygen atoms in total. The van der Waals surface area contributed by atoms with Crippen molar-refractivity contribution in [2.75, 3.05) is 13.1 Å². The Hall–Kier alpha value is -1.52. The Morgan fingerprint density at radius 1 is 1.29 bits per heavy atom. The van der Waals surface area contributed by atoms with Crippen LogP contribution in [0.1, 0.15) is 18.4 Å². The maximum Gasteiger partial charge on any atom is 0.417 e. The van der Waals surface area contributed by atoms with Crippen LogP contribution in [0.3, 0.4) is 0 Å². The molecular weight excluding hydrogens is 303 g/mol. The molecule has 2 rings (SSSR count). The highest BCUT2D eigenvalue weighted by Gasteiger charge is 2.39. The number of hydrogen-bond acceptors (Lipinski definition) is 2. The molecule has 0 radical (unpaired) electrons. The van der Waals surface area contributed by atoms with Crippen LogP contribution in [-0.4, -0.2) is 25.8 Å². The van der Waals surface area contributed by atoms with Crippen molar-refractivity contribution in [3.05, 3.63) is 29.8 Å². The van der Waals surface area contributed by atoms with E-state index < -0.39 is 26.7 Å². The van der Waals surface area contributed by atoms with Crippen molar-refractivity contribution in [2.45, 2.75) is 23.9 Å². The van der Waals surface area contributed by atoms with Crippen molar-refractivity contribution in [1.82, 2.24) is 4.31 Å². The SMILES string of the molecule is C#CCN(CC1CC1)S(=O)(=O)c1ccccc1C(F)(F)F. The van der Waals surface area contributed by atoms with Gasteiger partial charge in [0.15, 0.2) is 0 Å². The molecule has 0 saturated heterocycles. The fraction of sp³-hybridized carbons (Fsp3) is 0.429. The first-order valence-electron chi connectivity index (χ1n) is 6.36. The van der Waals surface area contributed by atoms with Crippen LogP contribution in [-0.2, 0) is 16.2 Å². The van der Waals surface area contributed by atoms with Crippen LogP contribution >= 0.6 is 0 Å². The Labute approximate surface area is 121 Å². The molecule has 0 unspecified atom stereocenters. The molecule has 0 atom stereocenters. The van der Waals surface area contributed by atoms with E-state index in [0.717, 1.165) is 35.3 Å². The highest BCUT2D eigenvalue weighted by Crippen LogP contribution is 2.36. The Kier molecular flexibility index (Phi) is 4.30. The van der Waals surface area contributed by atoms with E-state index in [1.54, 1.807) is 0 Å². The van der Waals surface area contributed by atoms with Gasteiger partial charge in [0.1, 0.15) is 0 Å². The summed E-state index contributed by atoms with van der Waals surface area (Å²) in [4.78, 5) is -0.742. The summed E-state index contributed by atoms with van der Waals surface area (Å²) in [5.74, 6) is 2.39. The van der Waals surface area contributed by atoms with Crippen molar-refractivity contribution in [2.24, 2.45) is 5.92 Å². The largest absolute Gasteiger partial charge is 0.417 e. The first-order valence-corrected chi connectivity index (χ1v) is 7.80. The third-order valence-corrected chi connectivity index (χ3v) is 5.11. The van der Waals surface area contributed by atoms with E-state index in [-0.39, 0.29) is 19.0 Å². The minimum absolute atomic E-state index is 0.165. The summed E-state index contributed by atoms with van der Waals surface area (Å²) < 4.78 is 64.9. The monoisotopic (exact) mass is 317 g/mol. The van der Waals surface area contributed by atoms with Crippen molar-refractivity contribution in [1.29, 1.82) is 0 Å². The first kappa shape index (κ1) is 15.9. The Morgan fingerprint density at radius 2 is 1.90 bits per heavy atom. The van der Waals surface area contributed by atoms with Gasteiger partial charge in [-0.15, -0.1) is 6.42 Å². The topological polar surface area (TPSA) is 37.4 Å². The number of nitrogens with zero attached hydrogens (tertiary/aromatic N) is 1. The van der Waals surface area contributed by atoms with Gasteiger partial charge in [0.25, 0.3) is 0 Å². The van der Waals surface area contributed by atoms with E-state index in [0.29, 0.717) is 0 Å². The lowest BCUT2D eigenvalue weighted by molar-refractivity contribution is -0.139. The van der Waals surface area contributed by atoms with Crippen LogP contribution in [0, 0.1) is 18.3 Å². The fourth-order valence-corrected chi connectivity index (χ4v) is 3.64. The summed E-state index contributed by atoms with van der Waals surface area (Å²) >= 11 is 0. The lowest BCUT2D eigenvalue weighted by Gasteiger charge is -2.22. The Balaban J connectivity index is 2.44. The summed E-state index contributed by atoms with van der Waals surface area (Å²) in [6.45, 7) is -0.0657. The van der Waals surface area contributed by atoms with Crippen molar-refractivity contribution in [3.63, 3.8) is 0 Å². The average Bonchev–Trinajstić information content (AvgIpc) is 3.21. The molecule has 0 heterocycles. The maximum absolute atomic E-state index is 13.0. The molecule has 7 heteroatoms. The summed E-state index contributed by atoms with van der Waals surface area (Å²) in [6.07, 6.45) is 2.16. The molecule has 21 heavy (non-hydrogen) atoms. The van der Waals surface area contributed by atoms with Crippen LogP contribution in [0.2, 0.25) is 0 Å². The number of alkyl halides is 3. The highest BCUT2D eigenvalue weighted by atomic mass is 32.2. The molecule has 1 aromatic rings. The molecule has 0 amide bonds. The first-order chi connectivity index (χ1) is 9.76. The van der Waals surface area contributed by atoms with Gasteiger partial charge >= 0.3 is 6.18 Å². The molecule has 0 aromatic heterocycles. The average molecular weight is 317 g/mol. The van der Waals surface area contributed by atoms with Gasteiger partial charge in [-0.25, -0.2) is 8.42 Å². The number of sulfonamides is 1. The molecule has 0 spiro atoms. The molecule has 0 N–H and O–H groups in total. The van der Waals surface area contributed by atoms with Gasteiger partial charge in [-0.05, 0) is 30.9 Å². The normalized spacial score (nSPS) is 16.0. The number of terminal acetylenes is 1. The summed E-state index contributed by atoms with van der Waals surface area (Å²) in [6, 6.07) is 4.16. The van der Waals surface area contributed by atoms with E-state index in [9.17, 15) is 21.6 Å². The quantitative estimate of drug-likeness (QED) is 0.783. The van der Waals surface area contributed by atoms with E-state index in [1.165, 1.54) is 6.07 Å². The van der Waals surface area contributed by atoms with Crippen LogP contribution in [0.15, 0.2) is 29.2 Å². The summed E-state index contributed by atoms with van der Waals surface area (Å²) in [5, 5.41) is 0. The van der Waals surface area contributed by atoms with Gasteiger partial charge < -0.3 is 0 Å². The number of rotatable bonds is 5. The molecule has 0 aliphatic heterocycles. The third-order valence-electron chi connectivity index (χ3n) is 3.24. The zero-order valence-corrected chi connectivity index (χ0v) is 11.9. The van der Waals surface area contributed by atoms with E-state index >= 15 is 0 Å². The van der Waals surface area contributed by atoms with Crippen molar-refractivity contribution in [3.8, 4) is 12.3 Å². The standard InChI is InChI=1S/C14H14F3NO2S/c1-2-9-18(10-11-7-8-11)21(19,20)13-6-4-3-5-12(13)14(15,16)17/h1,3-6,11H,7-10H2. The maximum atomic E-state index is 13.0. The lowest BCUT2D eigenvalue weighted by atomic mass is 10.2. The minimum atomic E-state index is -4.73. The predicted molar refractivity (Wildman–Crippen MR) is 71.8 cm³/mol. The zero-order valence-electron chi connectivity index (χ0n) is 11.1. The lowest BCUT2D eigenvalue weighted by Crippen LogP contribution is -2.34.